The summed E-state index contributed by atoms with van der Waals surface area (Å²) in [6.07, 6.45) is 2.57. The Morgan fingerprint density at radius 1 is 1.37 bits per heavy atom. The average Bonchev–Trinajstić information content (AvgIpc) is 2.46. The predicted octanol–water partition coefficient (Wildman–Crippen LogP) is 1.84. The minimum atomic E-state index is 0.162. The van der Waals surface area contributed by atoms with Crippen molar-refractivity contribution in [2.24, 2.45) is 0 Å². The molecule has 2 rings (SSSR count). The van der Waals surface area contributed by atoms with Gasteiger partial charge >= 0.3 is 0 Å². The van der Waals surface area contributed by atoms with Gasteiger partial charge in [-0.3, -0.25) is 4.79 Å². The molecule has 0 saturated carbocycles. The van der Waals surface area contributed by atoms with E-state index in [0.29, 0.717) is 12.5 Å². The van der Waals surface area contributed by atoms with Crippen LogP contribution in [0.4, 0.5) is 0 Å². The number of amides is 1. The van der Waals surface area contributed by atoms with E-state index in [1.807, 2.05) is 12.1 Å². The van der Waals surface area contributed by atoms with Gasteiger partial charge in [-0.05, 0) is 30.5 Å². The number of ether oxygens (including phenoxy) is 1. The molecule has 1 aliphatic heterocycles. The van der Waals surface area contributed by atoms with E-state index < -0.39 is 0 Å². The first kappa shape index (κ1) is 13.9. The topological polar surface area (TPSA) is 50.4 Å². The van der Waals surface area contributed by atoms with Crippen LogP contribution in [-0.2, 0) is 11.3 Å². The summed E-state index contributed by atoms with van der Waals surface area (Å²) in [5.74, 6) is 1.09. The van der Waals surface area contributed by atoms with Crippen LogP contribution in [0, 0.1) is 0 Å². The van der Waals surface area contributed by atoms with Crippen molar-refractivity contribution in [2.45, 2.75) is 38.8 Å². The minimum absolute atomic E-state index is 0.162. The lowest BCUT2D eigenvalue weighted by atomic mass is 10.1. The highest BCUT2D eigenvalue weighted by Gasteiger charge is 2.16. The van der Waals surface area contributed by atoms with E-state index in [-0.39, 0.29) is 5.91 Å². The van der Waals surface area contributed by atoms with Crippen LogP contribution in [-0.4, -0.2) is 25.1 Å². The molecule has 1 aromatic rings. The van der Waals surface area contributed by atoms with Crippen LogP contribution < -0.4 is 15.4 Å². The van der Waals surface area contributed by atoms with Crippen LogP contribution >= 0.6 is 0 Å². The van der Waals surface area contributed by atoms with Crippen molar-refractivity contribution >= 4 is 5.91 Å². The third-order valence-electron chi connectivity index (χ3n) is 3.26. The maximum absolute atomic E-state index is 11.1. The first-order valence-corrected chi connectivity index (χ1v) is 6.99. The highest BCUT2D eigenvalue weighted by molar-refractivity contribution is 5.76. The van der Waals surface area contributed by atoms with Crippen molar-refractivity contribution in [3.8, 4) is 5.75 Å². The number of carbonyl (C=O) groups excluding carboxylic acids is 1. The molecule has 1 aromatic carbocycles. The van der Waals surface area contributed by atoms with Gasteiger partial charge in [0.05, 0.1) is 6.61 Å². The van der Waals surface area contributed by atoms with E-state index in [9.17, 15) is 4.79 Å². The smallest absolute Gasteiger partial charge is 0.220 e. The maximum atomic E-state index is 11.1. The Hall–Kier alpha value is -1.55. The van der Waals surface area contributed by atoms with Gasteiger partial charge in [0, 0.05) is 25.6 Å². The zero-order valence-corrected chi connectivity index (χ0v) is 11.4. The summed E-state index contributed by atoms with van der Waals surface area (Å²) in [5, 5.41) is 6.34. The summed E-state index contributed by atoms with van der Waals surface area (Å²) < 4.78 is 5.55. The van der Waals surface area contributed by atoms with Crippen molar-refractivity contribution in [1.82, 2.24) is 10.6 Å². The number of nitrogens with one attached hydrogen (secondary N) is 2. The summed E-state index contributed by atoms with van der Waals surface area (Å²) in [6.45, 7) is 4.42. The lowest BCUT2D eigenvalue weighted by Gasteiger charge is -2.23. The Bertz CT molecular complexity index is 393. The Morgan fingerprint density at radius 2 is 2.16 bits per heavy atom. The molecule has 0 aliphatic carbocycles. The van der Waals surface area contributed by atoms with Crippen LogP contribution in [0.1, 0.15) is 31.7 Å². The normalized spacial score (nSPS) is 19.0. The van der Waals surface area contributed by atoms with E-state index in [1.165, 1.54) is 5.56 Å². The van der Waals surface area contributed by atoms with Crippen LogP contribution in [0.3, 0.4) is 0 Å². The molecular formula is C15H22N2O2. The molecule has 1 amide bonds. The highest BCUT2D eigenvalue weighted by atomic mass is 16.5. The van der Waals surface area contributed by atoms with E-state index >= 15 is 0 Å². The summed E-state index contributed by atoms with van der Waals surface area (Å²) in [7, 11) is 0. The minimum Gasteiger partial charge on any atom is -0.494 e. The third kappa shape index (κ3) is 4.56. The molecule has 0 spiro atoms. The number of piperidine rings is 1. The van der Waals surface area contributed by atoms with Gasteiger partial charge < -0.3 is 15.4 Å². The molecule has 1 atom stereocenters. The van der Waals surface area contributed by atoms with Gasteiger partial charge in [0.1, 0.15) is 5.75 Å². The molecule has 19 heavy (non-hydrogen) atoms. The zero-order valence-electron chi connectivity index (χ0n) is 11.4. The summed E-state index contributed by atoms with van der Waals surface area (Å²) in [6, 6.07) is 8.57. The van der Waals surface area contributed by atoms with E-state index in [0.717, 1.165) is 38.3 Å². The SMILES string of the molecule is CCCOc1ccc(CNC2CCC(=O)NC2)cc1. The first-order chi connectivity index (χ1) is 9.28. The number of hydrogen-bond acceptors (Lipinski definition) is 3. The molecule has 1 saturated heterocycles. The molecule has 1 fully saturated rings. The van der Waals surface area contributed by atoms with Crippen molar-refractivity contribution in [3.63, 3.8) is 0 Å². The number of benzene rings is 1. The molecule has 0 radical (unpaired) electrons. The summed E-state index contributed by atoms with van der Waals surface area (Å²) in [4.78, 5) is 11.1. The second kappa shape index (κ2) is 7.14. The fourth-order valence-corrected chi connectivity index (χ4v) is 2.09. The highest BCUT2D eigenvalue weighted by Crippen LogP contribution is 2.13. The largest absolute Gasteiger partial charge is 0.494 e. The number of carbonyl (C=O) groups is 1. The Balaban J connectivity index is 1.75. The van der Waals surface area contributed by atoms with E-state index in [1.54, 1.807) is 0 Å². The van der Waals surface area contributed by atoms with Crippen LogP contribution in [0.15, 0.2) is 24.3 Å². The van der Waals surface area contributed by atoms with E-state index in [2.05, 4.69) is 29.7 Å². The van der Waals surface area contributed by atoms with Gasteiger partial charge in [0.15, 0.2) is 0 Å². The van der Waals surface area contributed by atoms with Gasteiger partial charge in [0.25, 0.3) is 0 Å². The molecule has 0 aromatic heterocycles. The molecular weight excluding hydrogens is 240 g/mol. The average molecular weight is 262 g/mol. The fraction of sp³-hybridized carbons (Fsp3) is 0.533. The zero-order chi connectivity index (χ0) is 13.5. The second-order valence-corrected chi connectivity index (χ2v) is 4.91. The van der Waals surface area contributed by atoms with Gasteiger partial charge in [-0.1, -0.05) is 19.1 Å². The molecule has 4 heteroatoms. The predicted molar refractivity (Wildman–Crippen MR) is 75.1 cm³/mol. The number of hydrogen-bond donors (Lipinski definition) is 2. The fourth-order valence-electron chi connectivity index (χ4n) is 2.09. The lowest BCUT2D eigenvalue weighted by Crippen LogP contribution is -2.45. The maximum Gasteiger partial charge on any atom is 0.220 e. The van der Waals surface area contributed by atoms with E-state index in [4.69, 9.17) is 4.74 Å². The molecule has 0 bridgehead atoms. The van der Waals surface area contributed by atoms with Crippen molar-refractivity contribution in [2.75, 3.05) is 13.2 Å². The third-order valence-corrected chi connectivity index (χ3v) is 3.26. The number of rotatable bonds is 6. The van der Waals surface area contributed by atoms with Gasteiger partial charge in [-0.15, -0.1) is 0 Å². The van der Waals surface area contributed by atoms with Crippen LogP contribution in [0.5, 0.6) is 5.75 Å². The standard InChI is InChI=1S/C15H22N2O2/c1-2-9-19-14-6-3-12(4-7-14)10-16-13-5-8-15(18)17-11-13/h3-4,6-7,13,16H,2,5,8-11H2,1H3,(H,17,18). The van der Waals surface area contributed by atoms with Crippen LogP contribution in [0.25, 0.3) is 0 Å². The molecule has 2 N–H and O–H groups in total. The Kier molecular flexibility index (Phi) is 5.21. The van der Waals surface area contributed by atoms with Gasteiger partial charge in [-0.25, -0.2) is 0 Å². The molecule has 1 unspecified atom stereocenters. The first-order valence-electron chi connectivity index (χ1n) is 6.99. The monoisotopic (exact) mass is 262 g/mol. The van der Waals surface area contributed by atoms with Crippen molar-refractivity contribution in [1.29, 1.82) is 0 Å². The quantitative estimate of drug-likeness (QED) is 0.822. The molecule has 104 valence electrons. The summed E-state index contributed by atoms with van der Waals surface area (Å²) >= 11 is 0. The second-order valence-electron chi connectivity index (χ2n) is 4.91. The summed E-state index contributed by atoms with van der Waals surface area (Å²) in [5.41, 5.74) is 1.24. The Labute approximate surface area is 114 Å². The van der Waals surface area contributed by atoms with Crippen molar-refractivity contribution < 1.29 is 9.53 Å². The van der Waals surface area contributed by atoms with Crippen LogP contribution in [0.2, 0.25) is 0 Å². The van der Waals surface area contributed by atoms with Crippen molar-refractivity contribution in [3.05, 3.63) is 29.8 Å². The Morgan fingerprint density at radius 3 is 2.79 bits per heavy atom. The molecule has 1 heterocycles. The molecule has 1 aliphatic rings. The lowest BCUT2D eigenvalue weighted by molar-refractivity contribution is -0.122. The van der Waals surface area contributed by atoms with Gasteiger partial charge in [-0.2, -0.15) is 0 Å². The van der Waals surface area contributed by atoms with Gasteiger partial charge in [0.2, 0.25) is 5.91 Å². The molecule has 4 nitrogen and oxygen atoms in total.